The fourth-order valence-electron chi connectivity index (χ4n) is 3.44. The molecule has 1 unspecified atom stereocenters. The van der Waals surface area contributed by atoms with Gasteiger partial charge in [0, 0.05) is 56.3 Å². The molecule has 2 aromatic rings. The number of aliphatic imine (C=N–C) groups is 1. The number of aromatic amines is 1. The molecular formula is C19H27FN4O. The van der Waals surface area contributed by atoms with E-state index in [1.807, 2.05) is 20.2 Å². The molecule has 5 nitrogen and oxygen atoms in total. The second-order valence-electron chi connectivity index (χ2n) is 6.49. The van der Waals surface area contributed by atoms with Gasteiger partial charge in [-0.25, -0.2) is 4.39 Å². The van der Waals surface area contributed by atoms with Gasteiger partial charge in [0.15, 0.2) is 5.96 Å². The van der Waals surface area contributed by atoms with E-state index in [1.54, 1.807) is 12.1 Å². The molecule has 0 amide bonds. The van der Waals surface area contributed by atoms with Crippen LogP contribution in [0.5, 0.6) is 0 Å². The zero-order valence-corrected chi connectivity index (χ0v) is 15.0. The van der Waals surface area contributed by atoms with Crippen LogP contribution in [0.15, 0.2) is 29.4 Å². The van der Waals surface area contributed by atoms with E-state index in [2.05, 4.69) is 20.2 Å². The number of likely N-dealkylation sites (tertiary alicyclic amines) is 1. The number of rotatable bonds is 6. The number of nitrogens with zero attached hydrogens (tertiary/aromatic N) is 2. The van der Waals surface area contributed by atoms with Crippen molar-refractivity contribution < 1.29 is 9.13 Å². The minimum Gasteiger partial charge on any atom is -0.381 e. The number of halogens is 1. The highest BCUT2D eigenvalue weighted by atomic mass is 19.1. The Balaban J connectivity index is 1.52. The molecule has 2 N–H and O–H groups in total. The maximum absolute atomic E-state index is 13.5. The molecule has 2 heterocycles. The van der Waals surface area contributed by atoms with Crippen molar-refractivity contribution in [2.75, 3.05) is 39.9 Å². The molecule has 1 aromatic heterocycles. The van der Waals surface area contributed by atoms with Crippen molar-refractivity contribution in [1.82, 2.24) is 15.2 Å². The third kappa shape index (κ3) is 4.31. The summed E-state index contributed by atoms with van der Waals surface area (Å²) in [5.74, 6) is 1.31. The number of guanidine groups is 1. The third-order valence-corrected chi connectivity index (χ3v) is 4.76. The normalized spacial score (nSPS) is 18.3. The average Bonchev–Trinajstić information content (AvgIpc) is 3.24. The first-order chi connectivity index (χ1) is 12.2. The summed E-state index contributed by atoms with van der Waals surface area (Å²) in [5, 5.41) is 4.39. The zero-order chi connectivity index (χ0) is 17.6. The molecule has 1 aromatic carbocycles. The van der Waals surface area contributed by atoms with Crippen LogP contribution in [0.3, 0.4) is 0 Å². The summed E-state index contributed by atoms with van der Waals surface area (Å²) < 4.78 is 19.0. The Labute approximate surface area is 148 Å². The van der Waals surface area contributed by atoms with Crippen molar-refractivity contribution in [2.24, 2.45) is 10.9 Å². The fraction of sp³-hybridized carbons (Fsp3) is 0.526. The first kappa shape index (κ1) is 17.7. The Morgan fingerprint density at radius 3 is 3.16 bits per heavy atom. The predicted octanol–water partition coefficient (Wildman–Crippen LogP) is 2.78. The summed E-state index contributed by atoms with van der Waals surface area (Å²) in [6.45, 7) is 6.39. The highest BCUT2D eigenvalue weighted by molar-refractivity contribution is 5.83. The van der Waals surface area contributed by atoms with Crippen LogP contribution in [0.2, 0.25) is 0 Å². The number of H-pyrrole nitrogens is 1. The van der Waals surface area contributed by atoms with Gasteiger partial charge >= 0.3 is 0 Å². The van der Waals surface area contributed by atoms with E-state index in [-0.39, 0.29) is 5.82 Å². The number of fused-ring (bicyclic) bond motifs is 1. The van der Waals surface area contributed by atoms with E-state index in [0.29, 0.717) is 5.92 Å². The maximum atomic E-state index is 13.5. The molecule has 3 rings (SSSR count). The molecule has 0 bridgehead atoms. The van der Waals surface area contributed by atoms with Crippen LogP contribution >= 0.6 is 0 Å². The van der Waals surface area contributed by atoms with Crippen LogP contribution in [0.4, 0.5) is 4.39 Å². The van der Waals surface area contributed by atoms with Gasteiger partial charge in [-0.3, -0.25) is 4.99 Å². The van der Waals surface area contributed by atoms with Crippen LogP contribution in [0.1, 0.15) is 18.9 Å². The molecule has 0 radical (unpaired) electrons. The first-order valence-electron chi connectivity index (χ1n) is 9.00. The van der Waals surface area contributed by atoms with Crippen LogP contribution in [0.25, 0.3) is 10.9 Å². The number of ether oxygens (including phenoxy) is 1. The highest BCUT2D eigenvalue weighted by Gasteiger charge is 2.24. The van der Waals surface area contributed by atoms with Crippen molar-refractivity contribution in [1.29, 1.82) is 0 Å². The molecule has 6 heteroatoms. The topological polar surface area (TPSA) is 52.6 Å². The van der Waals surface area contributed by atoms with Gasteiger partial charge in [0.2, 0.25) is 0 Å². The van der Waals surface area contributed by atoms with Gasteiger partial charge in [-0.15, -0.1) is 0 Å². The monoisotopic (exact) mass is 346 g/mol. The minimum atomic E-state index is -0.200. The molecular weight excluding hydrogens is 319 g/mol. The van der Waals surface area contributed by atoms with Crippen molar-refractivity contribution >= 4 is 16.9 Å². The molecule has 1 saturated heterocycles. The third-order valence-electron chi connectivity index (χ3n) is 4.76. The van der Waals surface area contributed by atoms with E-state index in [4.69, 9.17) is 4.74 Å². The van der Waals surface area contributed by atoms with Gasteiger partial charge in [-0.2, -0.15) is 0 Å². The lowest BCUT2D eigenvalue weighted by Crippen LogP contribution is -2.41. The van der Waals surface area contributed by atoms with Crippen molar-refractivity contribution in [3.8, 4) is 0 Å². The molecule has 1 atom stereocenters. The molecule has 1 aliphatic heterocycles. The zero-order valence-electron chi connectivity index (χ0n) is 15.0. The Hall–Kier alpha value is -2.08. The predicted molar refractivity (Wildman–Crippen MR) is 99.5 cm³/mol. The molecule has 0 spiro atoms. The smallest absolute Gasteiger partial charge is 0.193 e. The summed E-state index contributed by atoms with van der Waals surface area (Å²) in [5.41, 5.74) is 2.09. The molecule has 0 saturated carbocycles. The SMILES string of the molecule is CCOCC1CCN(C(=NC)NCCc2c[nH]c3ccc(F)cc23)C1. The Bertz CT molecular complexity index is 727. The number of nitrogens with one attached hydrogen (secondary N) is 2. The van der Waals surface area contributed by atoms with Gasteiger partial charge in [0.1, 0.15) is 5.82 Å². The Morgan fingerprint density at radius 2 is 2.36 bits per heavy atom. The van der Waals surface area contributed by atoms with Gasteiger partial charge in [-0.05, 0) is 43.5 Å². The van der Waals surface area contributed by atoms with E-state index in [0.717, 1.165) is 68.1 Å². The second-order valence-corrected chi connectivity index (χ2v) is 6.49. The Kier molecular flexibility index (Phi) is 5.91. The average molecular weight is 346 g/mol. The van der Waals surface area contributed by atoms with E-state index in [9.17, 15) is 4.39 Å². The van der Waals surface area contributed by atoms with Crippen molar-refractivity contribution in [3.63, 3.8) is 0 Å². The van der Waals surface area contributed by atoms with Gasteiger partial charge in [0.05, 0.1) is 6.61 Å². The van der Waals surface area contributed by atoms with Crippen molar-refractivity contribution in [2.45, 2.75) is 19.8 Å². The number of aromatic nitrogens is 1. The lowest BCUT2D eigenvalue weighted by molar-refractivity contribution is 0.114. The van der Waals surface area contributed by atoms with Gasteiger partial charge in [0.25, 0.3) is 0 Å². The number of benzene rings is 1. The van der Waals surface area contributed by atoms with Gasteiger partial charge < -0.3 is 19.9 Å². The van der Waals surface area contributed by atoms with Crippen LogP contribution < -0.4 is 5.32 Å². The summed E-state index contributed by atoms with van der Waals surface area (Å²) in [6.07, 6.45) is 3.92. The van der Waals surface area contributed by atoms with E-state index in [1.165, 1.54) is 6.07 Å². The molecule has 0 aliphatic carbocycles. The van der Waals surface area contributed by atoms with Crippen LogP contribution in [-0.4, -0.2) is 55.7 Å². The largest absolute Gasteiger partial charge is 0.381 e. The van der Waals surface area contributed by atoms with Crippen LogP contribution in [0, 0.1) is 11.7 Å². The quantitative estimate of drug-likeness (QED) is 0.625. The Morgan fingerprint density at radius 1 is 1.48 bits per heavy atom. The van der Waals surface area contributed by atoms with Crippen LogP contribution in [-0.2, 0) is 11.2 Å². The van der Waals surface area contributed by atoms with Gasteiger partial charge in [-0.1, -0.05) is 0 Å². The lowest BCUT2D eigenvalue weighted by atomic mass is 10.1. The minimum absolute atomic E-state index is 0.200. The maximum Gasteiger partial charge on any atom is 0.193 e. The molecule has 1 fully saturated rings. The number of hydrogen-bond acceptors (Lipinski definition) is 2. The highest BCUT2D eigenvalue weighted by Crippen LogP contribution is 2.20. The summed E-state index contributed by atoms with van der Waals surface area (Å²) in [4.78, 5) is 9.89. The van der Waals surface area contributed by atoms with Crippen molar-refractivity contribution in [3.05, 3.63) is 35.8 Å². The lowest BCUT2D eigenvalue weighted by Gasteiger charge is -2.21. The summed E-state index contributed by atoms with van der Waals surface area (Å²) in [6, 6.07) is 4.85. The van der Waals surface area contributed by atoms with E-state index >= 15 is 0 Å². The number of hydrogen-bond donors (Lipinski definition) is 2. The van der Waals surface area contributed by atoms with E-state index < -0.39 is 0 Å². The molecule has 1 aliphatic rings. The summed E-state index contributed by atoms with van der Waals surface area (Å²) >= 11 is 0. The fourth-order valence-corrected chi connectivity index (χ4v) is 3.44. The standard InChI is InChI=1S/C19H27FN4O/c1-3-25-13-14-7-9-24(12-14)19(21-2)22-8-6-15-11-23-18-5-4-16(20)10-17(15)18/h4-5,10-11,14,23H,3,6-9,12-13H2,1-2H3,(H,21,22). The second kappa shape index (κ2) is 8.34. The molecule has 25 heavy (non-hydrogen) atoms. The molecule has 136 valence electrons. The summed E-state index contributed by atoms with van der Waals surface area (Å²) in [7, 11) is 1.82. The first-order valence-corrected chi connectivity index (χ1v) is 9.00.